The second kappa shape index (κ2) is 7.19. The molecule has 5 heteroatoms. The predicted molar refractivity (Wildman–Crippen MR) is 105 cm³/mol. The Morgan fingerprint density at radius 2 is 1.85 bits per heavy atom. The maximum Gasteiger partial charge on any atom is 0.193 e. The second-order valence-corrected chi connectivity index (χ2v) is 6.73. The first-order chi connectivity index (χ1) is 12.8. The molecule has 1 aliphatic rings. The average molecular weight is 366 g/mol. The predicted octanol–water partition coefficient (Wildman–Crippen LogP) is 4.49. The fraction of sp³-hybridized carbons (Fsp3) is 0.227. The molecule has 0 amide bonds. The summed E-state index contributed by atoms with van der Waals surface area (Å²) in [6.45, 7) is 3.76. The first-order valence-electron chi connectivity index (χ1n) is 8.53. The summed E-state index contributed by atoms with van der Waals surface area (Å²) in [6, 6.07) is 8.74. The quantitative estimate of drug-likeness (QED) is 0.624. The zero-order valence-electron chi connectivity index (χ0n) is 15.8. The van der Waals surface area contributed by atoms with Crippen LogP contribution in [0, 0.1) is 0 Å². The van der Waals surface area contributed by atoms with Crippen molar-refractivity contribution in [1.82, 2.24) is 0 Å². The van der Waals surface area contributed by atoms with Gasteiger partial charge in [-0.1, -0.05) is 18.2 Å². The SMILES string of the molecule is COc1ccc(C=CC(=O)c2c(O)cc(OC)c3c2OC(C)(C)C=C3)cc1. The molecule has 2 aromatic rings. The molecule has 0 aliphatic carbocycles. The zero-order valence-corrected chi connectivity index (χ0v) is 15.8. The standard InChI is InChI=1S/C22H22O5/c1-22(2)12-11-16-19(26-4)13-18(24)20(21(16)27-22)17(23)10-7-14-5-8-15(25-3)9-6-14/h5-13,24H,1-4H3. The molecule has 0 saturated heterocycles. The number of methoxy groups -OCH3 is 2. The molecule has 0 spiro atoms. The highest BCUT2D eigenvalue weighted by Crippen LogP contribution is 2.44. The Kier molecular flexibility index (Phi) is 4.95. The van der Waals surface area contributed by atoms with Crippen LogP contribution in [0.4, 0.5) is 0 Å². The molecule has 1 N–H and O–H groups in total. The van der Waals surface area contributed by atoms with Gasteiger partial charge in [0, 0.05) is 6.07 Å². The van der Waals surface area contributed by atoms with Crippen molar-refractivity contribution >= 4 is 17.9 Å². The molecule has 0 atom stereocenters. The van der Waals surface area contributed by atoms with Crippen molar-refractivity contribution in [2.45, 2.75) is 19.4 Å². The number of phenols is 1. The van der Waals surface area contributed by atoms with E-state index in [1.54, 1.807) is 13.2 Å². The number of phenolic OH excluding ortho intramolecular Hbond substituents is 1. The van der Waals surface area contributed by atoms with Crippen molar-refractivity contribution in [2.75, 3.05) is 14.2 Å². The zero-order chi connectivity index (χ0) is 19.6. The lowest BCUT2D eigenvalue weighted by atomic mass is 9.96. The molecule has 3 rings (SSSR count). The summed E-state index contributed by atoms with van der Waals surface area (Å²) in [7, 11) is 3.10. The highest BCUT2D eigenvalue weighted by atomic mass is 16.5. The van der Waals surface area contributed by atoms with E-state index in [-0.39, 0.29) is 17.1 Å². The lowest BCUT2D eigenvalue weighted by molar-refractivity contribution is 0.103. The van der Waals surface area contributed by atoms with Crippen LogP contribution in [0.2, 0.25) is 0 Å². The van der Waals surface area contributed by atoms with Crippen molar-refractivity contribution in [3.8, 4) is 23.0 Å². The second-order valence-electron chi connectivity index (χ2n) is 6.73. The summed E-state index contributed by atoms with van der Waals surface area (Å²) < 4.78 is 16.4. The average Bonchev–Trinajstić information content (AvgIpc) is 2.65. The van der Waals surface area contributed by atoms with Gasteiger partial charge in [-0.05, 0) is 49.8 Å². The number of hydrogen-bond donors (Lipinski definition) is 1. The van der Waals surface area contributed by atoms with Crippen LogP contribution in [-0.2, 0) is 0 Å². The minimum Gasteiger partial charge on any atom is -0.507 e. The van der Waals surface area contributed by atoms with Crippen molar-refractivity contribution in [2.24, 2.45) is 0 Å². The molecule has 0 saturated carbocycles. The first kappa shape index (κ1) is 18.6. The molecule has 0 bridgehead atoms. The minimum absolute atomic E-state index is 0.119. The summed E-state index contributed by atoms with van der Waals surface area (Å²) in [6.07, 6.45) is 6.83. The number of benzene rings is 2. The number of allylic oxidation sites excluding steroid dienone is 1. The molecule has 140 valence electrons. The summed E-state index contributed by atoms with van der Waals surface area (Å²) in [5.41, 5.74) is 0.997. The normalized spacial score (nSPS) is 14.5. The number of carbonyl (C=O) groups excluding carboxylic acids is 1. The van der Waals surface area contributed by atoms with Gasteiger partial charge in [0.1, 0.15) is 34.2 Å². The van der Waals surface area contributed by atoms with Gasteiger partial charge in [-0.2, -0.15) is 0 Å². The molecule has 27 heavy (non-hydrogen) atoms. The molecule has 2 aromatic carbocycles. The van der Waals surface area contributed by atoms with Crippen molar-refractivity contribution in [1.29, 1.82) is 0 Å². The largest absolute Gasteiger partial charge is 0.507 e. The lowest BCUT2D eigenvalue weighted by Crippen LogP contribution is -2.28. The molecule has 0 fully saturated rings. The van der Waals surface area contributed by atoms with E-state index in [0.29, 0.717) is 17.1 Å². The third-order valence-corrected chi connectivity index (χ3v) is 4.29. The van der Waals surface area contributed by atoms with E-state index in [1.165, 1.54) is 19.3 Å². The van der Waals surface area contributed by atoms with Gasteiger partial charge in [0.2, 0.25) is 0 Å². The van der Waals surface area contributed by atoms with E-state index in [1.807, 2.05) is 50.3 Å². The third kappa shape index (κ3) is 3.82. The minimum atomic E-state index is -0.597. The fourth-order valence-electron chi connectivity index (χ4n) is 2.86. The number of aromatic hydroxyl groups is 1. The van der Waals surface area contributed by atoms with Crippen LogP contribution in [0.3, 0.4) is 0 Å². The maximum atomic E-state index is 12.8. The van der Waals surface area contributed by atoms with Gasteiger partial charge in [-0.3, -0.25) is 4.79 Å². The Morgan fingerprint density at radius 3 is 2.48 bits per heavy atom. The highest BCUT2D eigenvalue weighted by Gasteiger charge is 2.30. The van der Waals surface area contributed by atoms with E-state index in [2.05, 4.69) is 0 Å². The number of hydrogen-bond acceptors (Lipinski definition) is 5. The van der Waals surface area contributed by atoms with E-state index in [4.69, 9.17) is 14.2 Å². The van der Waals surface area contributed by atoms with Crippen LogP contribution in [0.5, 0.6) is 23.0 Å². The third-order valence-electron chi connectivity index (χ3n) is 4.29. The topological polar surface area (TPSA) is 65.0 Å². The van der Waals surface area contributed by atoms with Crippen molar-refractivity contribution < 1.29 is 24.1 Å². The smallest absolute Gasteiger partial charge is 0.193 e. The Balaban J connectivity index is 1.99. The molecule has 5 nitrogen and oxygen atoms in total. The number of ketones is 1. The van der Waals surface area contributed by atoms with Gasteiger partial charge < -0.3 is 19.3 Å². The summed E-state index contributed by atoms with van der Waals surface area (Å²) >= 11 is 0. The molecular weight excluding hydrogens is 344 g/mol. The summed E-state index contributed by atoms with van der Waals surface area (Å²) in [4.78, 5) is 12.8. The van der Waals surface area contributed by atoms with E-state index in [0.717, 1.165) is 11.3 Å². The Bertz CT molecular complexity index is 921. The lowest BCUT2D eigenvalue weighted by Gasteiger charge is -2.30. The van der Waals surface area contributed by atoms with Crippen LogP contribution >= 0.6 is 0 Å². The van der Waals surface area contributed by atoms with Crippen LogP contribution in [0.15, 0.2) is 42.5 Å². The molecule has 0 aromatic heterocycles. The number of carbonyl (C=O) groups is 1. The molecule has 1 aliphatic heterocycles. The van der Waals surface area contributed by atoms with Crippen molar-refractivity contribution in [3.63, 3.8) is 0 Å². The van der Waals surface area contributed by atoms with Crippen LogP contribution in [-0.4, -0.2) is 30.7 Å². The van der Waals surface area contributed by atoms with Gasteiger partial charge in [0.15, 0.2) is 5.78 Å². The van der Waals surface area contributed by atoms with Gasteiger partial charge in [0.25, 0.3) is 0 Å². The number of fused-ring (bicyclic) bond motifs is 1. The Labute approximate surface area is 158 Å². The molecule has 0 unspecified atom stereocenters. The van der Waals surface area contributed by atoms with Crippen molar-refractivity contribution in [3.05, 3.63) is 59.2 Å². The molecule has 0 radical (unpaired) electrons. The summed E-state index contributed by atoms with van der Waals surface area (Å²) in [5.74, 6) is 0.978. The highest BCUT2D eigenvalue weighted by molar-refractivity contribution is 6.11. The van der Waals surface area contributed by atoms with Gasteiger partial charge in [-0.25, -0.2) is 0 Å². The van der Waals surface area contributed by atoms with E-state index < -0.39 is 5.60 Å². The van der Waals surface area contributed by atoms with E-state index >= 15 is 0 Å². The maximum absolute atomic E-state index is 12.8. The number of ether oxygens (including phenoxy) is 3. The van der Waals surface area contributed by atoms with Crippen LogP contribution < -0.4 is 14.2 Å². The van der Waals surface area contributed by atoms with Crippen LogP contribution in [0.1, 0.15) is 35.3 Å². The molecular formula is C22H22O5. The monoisotopic (exact) mass is 366 g/mol. The first-order valence-corrected chi connectivity index (χ1v) is 8.53. The van der Waals surface area contributed by atoms with E-state index in [9.17, 15) is 9.90 Å². The van der Waals surface area contributed by atoms with Crippen LogP contribution in [0.25, 0.3) is 12.2 Å². The van der Waals surface area contributed by atoms with Gasteiger partial charge in [0.05, 0.1) is 19.8 Å². The van der Waals surface area contributed by atoms with Gasteiger partial charge >= 0.3 is 0 Å². The Morgan fingerprint density at radius 1 is 1.15 bits per heavy atom. The number of rotatable bonds is 5. The fourth-order valence-corrected chi connectivity index (χ4v) is 2.86. The van der Waals surface area contributed by atoms with Gasteiger partial charge in [-0.15, -0.1) is 0 Å². The summed E-state index contributed by atoms with van der Waals surface area (Å²) in [5, 5.41) is 10.4. The Hall–Kier alpha value is -3.21. The molecule has 1 heterocycles.